The number of aliphatic hydroxyl groups excluding tert-OH is 1. The molecule has 3 rings (SSSR count). The van der Waals surface area contributed by atoms with Gasteiger partial charge in [-0.3, -0.25) is 4.90 Å². The van der Waals surface area contributed by atoms with E-state index in [0.717, 1.165) is 45.4 Å². The zero-order chi connectivity index (χ0) is 15.0. The highest BCUT2D eigenvalue weighted by Crippen LogP contribution is 2.46. The molecule has 0 saturated carbocycles. The summed E-state index contributed by atoms with van der Waals surface area (Å²) in [4.78, 5) is 5.44. The lowest BCUT2D eigenvalue weighted by atomic mass is 9.79. The lowest BCUT2D eigenvalue weighted by Crippen LogP contribution is -2.51. The standard InChI is InChI=1S/C17H27NO2S/c1-4-14-9-15-16(21-14)5-8-20-17(15)6-7-18(11-13(3)19)12(2)10-17/h9,12-13,19H,4-8,10-11H2,1-3H3/t12-,13?,17+/m0/s1. The summed E-state index contributed by atoms with van der Waals surface area (Å²) in [5.41, 5.74) is 1.41. The van der Waals surface area contributed by atoms with E-state index in [1.807, 2.05) is 18.3 Å². The van der Waals surface area contributed by atoms with Gasteiger partial charge >= 0.3 is 0 Å². The first-order valence-corrected chi connectivity index (χ1v) is 9.04. The van der Waals surface area contributed by atoms with Crippen LogP contribution in [0.5, 0.6) is 0 Å². The van der Waals surface area contributed by atoms with Gasteiger partial charge in [0.1, 0.15) is 0 Å². The first kappa shape index (κ1) is 15.5. The van der Waals surface area contributed by atoms with Crippen molar-refractivity contribution < 1.29 is 9.84 Å². The fourth-order valence-electron chi connectivity index (χ4n) is 3.89. The molecule has 0 bridgehead atoms. The van der Waals surface area contributed by atoms with Crippen molar-refractivity contribution in [1.29, 1.82) is 0 Å². The van der Waals surface area contributed by atoms with Gasteiger partial charge in [-0.05, 0) is 44.7 Å². The third-order valence-electron chi connectivity index (χ3n) is 4.96. The van der Waals surface area contributed by atoms with E-state index in [0.29, 0.717) is 6.04 Å². The first-order valence-electron chi connectivity index (χ1n) is 8.22. The molecule has 0 amide bonds. The number of likely N-dealkylation sites (tertiary alicyclic amines) is 1. The van der Waals surface area contributed by atoms with Crippen LogP contribution in [-0.4, -0.2) is 41.8 Å². The van der Waals surface area contributed by atoms with Gasteiger partial charge in [-0.2, -0.15) is 0 Å². The molecule has 4 heteroatoms. The van der Waals surface area contributed by atoms with Gasteiger partial charge in [0.15, 0.2) is 0 Å². The quantitative estimate of drug-likeness (QED) is 0.932. The lowest BCUT2D eigenvalue weighted by Gasteiger charge is -2.47. The molecular formula is C17H27NO2S. The maximum absolute atomic E-state index is 9.65. The Labute approximate surface area is 131 Å². The highest BCUT2D eigenvalue weighted by molar-refractivity contribution is 7.12. The normalized spacial score (nSPS) is 31.3. The van der Waals surface area contributed by atoms with E-state index in [2.05, 4.69) is 24.8 Å². The summed E-state index contributed by atoms with van der Waals surface area (Å²) in [6, 6.07) is 2.86. The Morgan fingerprint density at radius 2 is 2.38 bits per heavy atom. The van der Waals surface area contributed by atoms with E-state index in [4.69, 9.17) is 4.74 Å². The second-order valence-corrected chi connectivity index (χ2v) is 7.86. The van der Waals surface area contributed by atoms with Crippen LogP contribution in [0.3, 0.4) is 0 Å². The minimum Gasteiger partial charge on any atom is -0.392 e. The average molecular weight is 309 g/mol. The monoisotopic (exact) mass is 309 g/mol. The largest absolute Gasteiger partial charge is 0.392 e. The second kappa shape index (κ2) is 5.99. The molecule has 0 aromatic carbocycles. The number of aryl methyl sites for hydroxylation is 1. The molecule has 3 atom stereocenters. The predicted molar refractivity (Wildman–Crippen MR) is 87.0 cm³/mol. The number of aliphatic hydroxyl groups is 1. The molecule has 1 spiro atoms. The number of rotatable bonds is 3. The number of fused-ring (bicyclic) bond motifs is 2. The fourth-order valence-corrected chi connectivity index (χ4v) is 5.06. The van der Waals surface area contributed by atoms with E-state index in [9.17, 15) is 5.11 Å². The van der Waals surface area contributed by atoms with E-state index in [-0.39, 0.29) is 11.7 Å². The van der Waals surface area contributed by atoms with E-state index in [1.54, 1.807) is 4.88 Å². The van der Waals surface area contributed by atoms with Crippen molar-refractivity contribution >= 4 is 11.3 Å². The van der Waals surface area contributed by atoms with Crippen LogP contribution >= 0.6 is 11.3 Å². The predicted octanol–water partition coefficient (Wildman–Crippen LogP) is 2.94. The molecule has 2 aliphatic rings. The molecule has 3 heterocycles. The topological polar surface area (TPSA) is 32.7 Å². The minimum absolute atomic E-state index is 0.0634. The summed E-state index contributed by atoms with van der Waals surface area (Å²) < 4.78 is 6.33. The maximum Gasteiger partial charge on any atom is 0.0969 e. The highest BCUT2D eigenvalue weighted by atomic mass is 32.1. The Kier molecular flexibility index (Phi) is 4.42. The summed E-state index contributed by atoms with van der Waals surface area (Å²) >= 11 is 1.98. The van der Waals surface area contributed by atoms with Crippen molar-refractivity contribution in [3.8, 4) is 0 Å². The van der Waals surface area contributed by atoms with Crippen LogP contribution in [0.15, 0.2) is 6.07 Å². The summed E-state index contributed by atoms with van der Waals surface area (Å²) in [6.07, 6.45) is 4.05. The van der Waals surface area contributed by atoms with Gasteiger partial charge in [-0.15, -0.1) is 11.3 Å². The van der Waals surface area contributed by atoms with Crippen LogP contribution in [0.2, 0.25) is 0 Å². The van der Waals surface area contributed by atoms with Gasteiger partial charge < -0.3 is 9.84 Å². The summed E-state index contributed by atoms with van der Waals surface area (Å²) in [6.45, 7) is 9.03. The van der Waals surface area contributed by atoms with E-state index in [1.165, 1.54) is 10.4 Å². The van der Waals surface area contributed by atoms with Gasteiger partial charge in [0.2, 0.25) is 0 Å². The minimum atomic E-state index is -0.253. The molecule has 21 heavy (non-hydrogen) atoms. The van der Waals surface area contributed by atoms with Crippen LogP contribution in [-0.2, 0) is 23.2 Å². The third-order valence-corrected chi connectivity index (χ3v) is 6.30. The molecule has 0 radical (unpaired) electrons. The van der Waals surface area contributed by atoms with Gasteiger partial charge in [0, 0.05) is 35.3 Å². The highest BCUT2D eigenvalue weighted by Gasteiger charge is 2.44. The number of piperidine rings is 1. The van der Waals surface area contributed by atoms with Gasteiger partial charge in [0.05, 0.1) is 18.3 Å². The Bertz CT molecular complexity index is 499. The number of β-amino-alcohol motifs (C(OH)–C–C–N with tert-alkyl or cyclic N) is 1. The molecule has 1 fully saturated rings. The maximum atomic E-state index is 9.65. The van der Waals surface area contributed by atoms with Crippen molar-refractivity contribution in [2.24, 2.45) is 0 Å². The fraction of sp³-hybridized carbons (Fsp3) is 0.765. The van der Waals surface area contributed by atoms with Crippen molar-refractivity contribution in [2.75, 3.05) is 19.7 Å². The van der Waals surface area contributed by atoms with Crippen molar-refractivity contribution in [2.45, 2.75) is 64.2 Å². The van der Waals surface area contributed by atoms with Crippen molar-refractivity contribution in [1.82, 2.24) is 4.90 Å². The second-order valence-electron chi connectivity index (χ2n) is 6.64. The van der Waals surface area contributed by atoms with E-state index >= 15 is 0 Å². The molecule has 1 aromatic heterocycles. The van der Waals surface area contributed by atoms with Gasteiger partial charge in [0.25, 0.3) is 0 Å². The van der Waals surface area contributed by atoms with Gasteiger partial charge in [-0.1, -0.05) is 6.92 Å². The molecule has 1 saturated heterocycles. The average Bonchev–Trinajstić information content (AvgIpc) is 2.87. The smallest absolute Gasteiger partial charge is 0.0969 e. The lowest BCUT2D eigenvalue weighted by molar-refractivity contribution is -0.114. The number of hydrogen-bond acceptors (Lipinski definition) is 4. The molecule has 3 nitrogen and oxygen atoms in total. The Hall–Kier alpha value is -0.420. The summed E-state index contributed by atoms with van der Waals surface area (Å²) in [7, 11) is 0. The van der Waals surface area contributed by atoms with Crippen molar-refractivity contribution in [3.63, 3.8) is 0 Å². The summed E-state index contributed by atoms with van der Waals surface area (Å²) in [5, 5.41) is 9.65. The van der Waals surface area contributed by atoms with Crippen LogP contribution in [0.25, 0.3) is 0 Å². The first-order chi connectivity index (χ1) is 10.0. The number of thiophene rings is 1. The van der Waals surface area contributed by atoms with Crippen LogP contribution < -0.4 is 0 Å². The van der Waals surface area contributed by atoms with E-state index < -0.39 is 0 Å². The molecule has 2 aliphatic heterocycles. The molecule has 118 valence electrons. The number of nitrogens with zero attached hydrogens (tertiary/aromatic N) is 1. The molecule has 0 aliphatic carbocycles. The van der Waals surface area contributed by atoms with Crippen LogP contribution in [0.1, 0.15) is 48.9 Å². The number of hydrogen-bond donors (Lipinski definition) is 1. The van der Waals surface area contributed by atoms with Crippen LogP contribution in [0.4, 0.5) is 0 Å². The van der Waals surface area contributed by atoms with Crippen molar-refractivity contribution in [3.05, 3.63) is 21.4 Å². The zero-order valence-corrected chi connectivity index (χ0v) is 14.2. The Balaban J connectivity index is 1.82. The Morgan fingerprint density at radius 3 is 3.05 bits per heavy atom. The SMILES string of the molecule is CCc1cc2c(s1)CCO[C@@]21CCN(CC(C)O)[C@@H](C)C1. The molecule has 1 aromatic rings. The molecular weight excluding hydrogens is 282 g/mol. The number of ether oxygens (including phenoxy) is 1. The van der Waals surface area contributed by atoms with Crippen LogP contribution in [0, 0.1) is 0 Å². The molecule has 1 unspecified atom stereocenters. The summed E-state index contributed by atoms with van der Waals surface area (Å²) in [5.74, 6) is 0. The Morgan fingerprint density at radius 1 is 1.57 bits per heavy atom. The molecule has 1 N–H and O–H groups in total. The third kappa shape index (κ3) is 2.91. The zero-order valence-electron chi connectivity index (χ0n) is 13.4. The van der Waals surface area contributed by atoms with Gasteiger partial charge in [-0.25, -0.2) is 0 Å².